The summed E-state index contributed by atoms with van der Waals surface area (Å²) in [5.41, 5.74) is 3.53. The maximum absolute atomic E-state index is 12.9. The summed E-state index contributed by atoms with van der Waals surface area (Å²) in [6.07, 6.45) is 6.77. The van der Waals surface area contributed by atoms with E-state index >= 15 is 0 Å². The van der Waals surface area contributed by atoms with Crippen LogP contribution in [-0.2, 0) is 6.54 Å². The first kappa shape index (κ1) is 14.4. The van der Waals surface area contributed by atoms with E-state index in [1.807, 2.05) is 11.0 Å². The van der Waals surface area contributed by atoms with E-state index in [1.165, 1.54) is 24.1 Å². The summed E-state index contributed by atoms with van der Waals surface area (Å²) in [6.45, 7) is 2.77. The molecule has 0 bridgehead atoms. The number of aromatic nitrogens is 1. The predicted molar refractivity (Wildman–Crippen MR) is 90.5 cm³/mol. The van der Waals surface area contributed by atoms with E-state index in [0.29, 0.717) is 12.6 Å². The number of carbonyl (C=O) groups is 1. The van der Waals surface area contributed by atoms with Crippen LogP contribution in [0.25, 0.3) is 5.69 Å². The molecule has 4 nitrogen and oxygen atoms in total. The highest BCUT2D eigenvalue weighted by atomic mass is 16.2. The zero-order valence-electron chi connectivity index (χ0n) is 13.5. The normalized spacial score (nSPS) is 20.7. The van der Waals surface area contributed by atoms with Crippen LogP contribution in [0.4, 0.5) is 4.79 Å². The Morgan fingerprint density at radius 1 is 1.13 bits per heavy atom. The van der Waals surface area contributed by atoms with E-state index in [1.54, 1.807) is 0 Å². The van der Waals surface area contributed by atoms with E-state index in [-0.39, 0.29) is 12.1 Å². The minimum Gasteiger partial charge on any atom is -0.335 e. The molecule has 120 valence electrons. The molecule has 1 aliphatic carbocycles. The molecule has 0 spiro atoms. The molecule has 1 aliphatic heterocycles. The van der Waals surface area contributed by atoms with Gasteiger partial charge >= 0.3 is 6.03 Å². The highest BCUT2D eigenvalue weighted by Gasteiger charge is 2.30. The van der Waals surface area contributed by atoms with Gasteiger partial charge in [-0.25, -0.2) is 4.79 Å². The second-order valence-electron chi connectivity index (χ2n) is 6.67. The Morgan fingerprint density at radius 2 is 1.91 bits per heavy atom. The van der Waals surface area contributed by atoms with E-state index in [4.69, 9.17) is 0 Å². The summed E-state index contributed by atoms with van der Waals surface area (Å²) < 4.78 is 2.21. The third-order valence-corrected chi connectivity index (χ3v) is 5.21. The van der Waals surface area contributed by atoms with Crippen molar-refractivity contribution in [2.45, 2.75) is 51.2 Å². The van der Waals surface area contributed by atoms with Crippen molar-refractivity contribution in [2.75, 3.05) is 0 Å². The number of rotatable bonds is 1. The van der Waals surface area contributed by atoms with Gasteiger partial charge in [-0.15, -0.1) is 0 Å². The molecule has 2 aliphatic rings. The van der Waals surface area contributed by atoms with Crippen LogP contribution in [0.15, 0.2) is 42.6 Å². The molecule has 2 heterocycles. The smallest absolute Gasteiger partial charge is 0.318 e. The topological polar surface area (TPSA) is 37.3 Å². The maximum Gasteiger partial charge on any atom is 0.318 e. The van der Waals surface area contributed by atoms with E-state index in [0.717, 1.165) is 18.5 Å². The van der Waals surface area contributed by atoms with Crippen LogP contribution in [0, 0.1) is 0 Å². The first-order chi connectivity index (χ1) is 11.2. The van der Waals surface area contributed by atoms with Gasteiger partial charge in [-0.3, -0.25) is 0 Å². The monoisotopic (exact) mass is 309 g/mol. The van der Waals surface area contributed by atoms with E-state index in [9.17, 15) is 4.79 Å². The molecule has 23 heavy (non-hydrogen) atoms. The van der Waals surface area contributed by atoms with Gasteiger partial charge in [0.25, 0.3) is 0 Å². The van der Waals surface area contributed by atoms with Gasteiger partial charge in [0, 0.05) is 17.9 Å². The Morgan fingerprint density at radius 3 is 2.74 bits per heavy atom. The number of para-hydroxylation sites is 1. The lowest BCUT2D eigenvalue weighted by molar-refractivity contribution is 0.171. The standard InChI is InChI=1S/C19H23N3O/c1-14-17-11-6-12-21(17)18-10-5-2-7-15(18)13-22(14)19(23)20-16-8-3-4-9-16/h2,5-7,10-12,14,16H,3-4,8-9,13H2,1H3,(H,20,23)/t14-/m1/s1. The van der Waals surface area contributed by atoms with Crippen molar-refractivity contribution in [1.82, 2.24) is 14.8 Å². The van der Waals surface area contributed by atoms with Crippen LogP contribution < -0.4 is 5.32 Å². The number of nitrogens with one attached hydrogen (secondary N) is 1. The van der Waals surface area contributed by atoms with Crippen molar-refractivity contribution in [3.8, 4) is 5.69 Å². The second kappa shape index (κ2) is 5.76. The van der Waals surface area contributed by atoms with Gasteiger partial charge in [-0.05, 0) is 43.5 Å². The number of fused-ring (bicyclic) bond motifs is 3. The SMILES string of the molecule is C[C@@H]1c2cccn2-c2ccccc2CN1C(=O)NC1CCCC1. The zero-order chi connectivity index (χ0) is 15.8. The molecule has 1 N–H and O–H groups in total. The lowest BCUT2D eigenvalue weighted by atomic mass is 10.1. The van der Waals surface area contributed by atoms with Crippen LogP contribution in [0.3, 0.4) is 0 Å². The summed E-state index contributed by atoms with van der Waals surface area (Å²) in [7, 11) is 0. The fraction of sp³-hybridized carbons (Fsp3) is 0.421. The number of amides is 2. The Bertz CT molecular complexity index is 715. The summed E-state index contributed by atoms with van der Waals surface area (Å²) in [5.74, 6) is 0. The van der Waals surface area contributed by atoms with Crippen molar-refractivity contribution in [2.24, 2.45) is 0 Å². The van der Waals surface area contributed by atoms with Crippen molar-refractivity contribution >= 4 is 6.03 Å². The zero-order valence-corrected chi connectivity index (χ0v) is 13.5. The summed E-state index contributed by atoms with van der Waals surface area (Å²) in [5, 5.41) is 3.24. The van der Waals surface area contributed by atoms with Gasteiger partial charge in [0.15, 0.2) is 0 Å². The predicted octanol–water partition coefficient (Wildman–Crippen LogP) is 4.01. The number of benzene rings is 1. The third kappa shape index (κ3) is 2.52. The molecular formula is C19H23N3O. The molecule has 0 radical (unpaired) electrons. The van der Waals surface area contributed by atoms with Crippen LogP contribution in [0.5, 0.6) is 0 Å². The molecule has 1 aromatic heterocycles. The van der Waals surface area contributed by atoms with Crippen molar-refractivity contribution in [3.05, 3.63) is 53.9 Å². The quantitative estimate of drug-likeness (QED) is 0.849. The van der Waals surface area contributed by atoms with Gasteiger partial charge in [-0.1, -0.05) is 31.0 Å². The molecule has 0 unspecified atom stereocenters. The Hall–Kier alpha value is -2.23. The number of hydrogen-bond acceptors (Lipinski definition) is 1. The van der Waals surface area contributed by atoms with Crippen molar-refractivity contribution in [3.63, 3.8) is 0 Å². The number of carbonyl (C=O) groups excluding carboxylic acids is 1. The molecule has 2 aromatic rings. The summed E-state index contributed by atoms with van der Waals surface area (Å²) in [6, 6.07) is 13.0. The van der Waals surface area contributed by atoms with Gasteiger partial charge in [0.05, 0.1) is 18.3 Å². The van der Waals surface area contributed by atoms with Gasteiger partial charge in [-0.2, -0.15) is 0 Å². The molecule has 1 fully saturated rings. The first-order valence-electron chi connectivity index (χ1n) is 8.57. The van der Waals surface area contributed by atoms with E-state index < -0.39 is 0 Å². The molecule has 2 amide bonds. The average molecular weight is 309 g/mol. The van der Waals surface area contributed by atoms with Crippen LogP contribution in [0.2, 0.25) is 0 Å². The van der Waals surface area contributed by atoms with Crippen LogP contribution in [0.1, 0.15) is 49.9 Å². The summed E-state index contributed by atoms with van der Waals surface area (Å²) in [4.78, 5) is 14.8. The number of nitrogens with zero attached hydrogens (tertiary/aromatic N) is 2. The van der Waals surface area contributed by atoms with Crippen molar-refractivity contribution in [1.29, 1.82) is 0 Å². The summed E-state index contributed by atoms with van der Waals surface area (Å²) >= 11 is 0. The first-order valence-corrected chi connectivity index (χ1v) is 8.57. The Labute approximate surface area is 137 Å². The highest BCUT2D eigenvalue weighted by molar-refractivity contribution is 5.75. The fourth-order valence-electron chi connectivity index (χ4n) is 3.89. The lowest BCUT2D eigenvalue weighted by Crippen LogP contribution is -2.44. The van der Waals surface area contributed by atoms with Crippen LogP contribution >= 0.6 is 0 Å². The van der Waals surface area contributed by atoms with Gasteiger partial charge in [0.2, 0.25) is 0 Å². The maximum atomic E-state index is 12.9. The lowest BCUT2D eigenvalue weighted by Gasteiger charge is -2.29. The van der Waals surface area contributed by atoms with E-state index in [2.05, 4.69) is 53.3 Å². The Kier molecular flexibility index (Phi) is 3.60. The molecule has 1 aromatic carbocycles. The average Bonchev–Trinajstić information content (AvgIpc) is 3.21. The number of hydrogen-bond donors (Lipinski definition) is 1. The largest absolute Gasteiger partial charge is 0.335 e. The third-order valence-electron chi connectivity index (χ3n) is 5.21. The van der Waals surface area contributed by atoms with Crippen LogP contribution in [-0.4, -0.2) is 21.5 Å². The molecule has 1 saturated carbocycles. The minimum atomic E-state index is 0.0544. The van der Waals surface area contributed by atoms with Gasteiger partial charge < -0.3 is 14.8 Å². The molecule has 1 atom stereocenters. The molecule has 4 heteroatoms. The number of urea groups is 1. The highest BCUT2D eigenvalue weighted by Crippen LogP contribution is 2.32. The second-order valence-corrected chi connectivity index (χ2v) is 6.67. The van der Waals surface area contributed by atoms with Crippen molar-refractivity contribution < 1.29 is 4.79 Å². The van der Waals surface area contributed by atoms with Gasteiger partial charge in [0.1, 0.15) is 0 Å². The fourth-order valence-corrected chi connectivity index (χ4v) is 3.89. The minimum absolute atomic E-state index is 0.0544. The molecule has 0 saturated heterocycles. The Balaban J connectivity index is 1.68. The molecular weight excluding hydrogens is 286 g/mol. The molecule has 4 rings (SSSR count).